The fraction of sp³-hybridized carbons (Fsp3) is 0.857. The molecule has 1 unspecified atom stereocenters. The molecule has 116 valence electrons. The van der Waals surface area contributed by atoms with Crippen LogP contribution in [0.2, 0.25) is 0 Å². The molecular formula is C14H26N2O4. The minimum atomic E-state index is -0.938. The number of piperidine rings is 1. The second-order valence-corrected chi connectivity index (χ2v) is 5.21. The van der Waals surface area contributed by atoms with Gasteiger partial charge in [0.2, 0.25) is 0 Å². The number of carboxylic acid groups (broad SMARTS) is 1. The Morgan fingerprint density at radius 1 is 1.30 bits per heavy atom. The van der Waals surface area contributed by atoms with Gasteiger partial charge in [-0.15, -0.1) is 0 Å². The molecule has 0 saturated carbocycles. The van der Waals surface area contributed by atoms with E-state index in [9.17, 15) is 19.8 Å². The fourth-order valence-electron chi connectivity index (χ4n) is 2.85. The Morgan fingerprint density at radius 3 is 2.45 bits per heavy atom. The molecule has 20 heavy (non-hydrogen) atoms. The molecule has 6 heteroatoms. The molecule has 1 fully saturated rings. The lowest BCUT2D eigenvalue weighted by Gasteiger charge is -2.39. The minimum absolute atomic E-state index is 0.0472. The number of likely N-dealkylation sites (tertiary alicyclic amines) is 1. The number of carboxylic acids is 1. The molecule has 0 aromatic carbocycles. The molecule has 1 aliphatic heterocycles. The van der Waals surface area contributed by atoms with Crippen molar-refractivity contribution in [2.24, 2.45) is 0 Å². The van der Waals surface area contributed by atoms with Gasteiger partial charge in [-0.05, 0) is 32.1 Å². The predicted molar refractivity (Wildman–Crippen MR) is 75.5 cm³/mol. The largest absolute Gasteiger partial charge is 0.480 e. The quantitative estimate of drug-likeness (QED) is 0.776. The summed E-state index contributed by atoms with van der Waals surface area (Å²) >= 11 is 0. The summed E-state index contributed by atoms with van der Waals surface area (Å²) in [6, 6.07) is -0.933. The molecule has 1 saturated heterocycles. The van der Waals surface area contributed by atoms with Gasteiger partial charge in [0, 0.05) is 19.1 Å². The summed E-state index contributed by atoms with van der Waals surface area (Å²) in [5.74, 6) is -0.938. The maximum absolute atomic E-state index is 12.6. The average Bonchev–Trinajstić information content (AvgIpc) is 2.46. The van der Waals surface area contributed by atoms with Gasteiger partial charge < -0.3 is 20.0 Å². The SMILES string of the molecule is CCC(CC)N(CCO)C(=O)N1CCCCC1C(=O)O. The summed E-state index contributed by atoms with van der Waals surface area (Å²) in [5, 5.41) is 18.4. The molecule has 1 atom stereocenters. The van der Waals surface area contributed by atoms with Crippen LogP contribution in [0.4, 0.5) is 4.79 Å². The van der Waals surface area contributed by atoms with Gasteiger partial charge in [-0.25, -0.2) is 9.59 Å². The van der Waals surface area contributed by atoms with Crippen molar-refractivity contribution in [2.75, 3.05) is 19.7 Å². The van der Waals surface area contributed by atoms with Crippen molar-refractivity contribution in [2.45, 2.75) is 58.0 Å². The number of hydrogen-bond acceptors (Lipinski definition) is 3. The van der Waals surface area contributed by atoms with Crippen molar-refractivity contribution >= 4 is 12.0 Å². The van der Waals surface area contributed by atoms with Gasteiger partial charge >= 0.3 is 12.0 Å². The molecule has 0 radical (unpaired) electrons. The third-order valence-electron chi connectivity index (χ3n) is 4.00. The van der Waals surface area contributed by atoms with Crippen LogP contribution >= 0.6 is 0 Å². The zero-order valence-electron chi connectivity index (χ0n) is 12.4. The number of rotatable bonds is 6. The predicted octanol–water partition coefficient (Wildman–Crippen LogP) is 1.53. The normalized spacial score (nSPS) is 19.2. The van der Waals surface area contributed by atoms with E-state index in [2.05, 4.69) is 0 Å². The zero-order valence-corrected chi connectivity index (χ0v) is 12.4. The summed E-state index contributed by atoms with van der Waals surface area (Å²) in [4.78, 5) is 27.0. The Labute approximate surface area is 120 Å². The number of urea groups is 1. The molecule has 6 nitrogen and oxygen atoms in total. The molecule has 0 aliphatic carbocycles. The molecule has 1 aliphatic rings. The van der Waals surface area contributed by atoms with Gasteiger partial charge in [0.25, 0.3) is 0 Å². The molecule has 0 spiro atoms. The van der Waals surface area contributed by atoms with Crippen LogP contribution in [-0.2, 0) is 4.79 Å². The number of carbonyl (C=O) groups is 2. The van der Waals surface area contributed by atoms with Gasteiger partial charge in [0.05, 0.1) is 6.61 Å². The number of aliphatic hydroxyl groups excluding tert-OH is 1. The Bertz CT molecular complexity index is 331. The third-order valence-corrected chi connectivity index (χ3v) is 4.00. The Hall–Kier alpha value is -1.30. The van der Waals surface area contributed by atoms with Gasteiger partial charge in [-0.2, -0.15) is 0 Å². The monoisotopic (exact) mass is 286 g/mol. The van der Waals surface area contributed by atoms with Crippen LogP contribution in [0.5, 0.6) is 0 Å². The summed E-state index contributed by atoms with van der Waals surface area (Å²) < 4.78 is 0. The van der Waals surface area contributed by atoms with E-state index in [-0.39, 0.29) is 25.2 Å². The lowest BCUT2D eigenvalue weighted by molar-refractivity contribution is -0.143. The molecule has 1 heterocycles. The van der Waals surface area contributed by atoms with E-state index in [4.69, 9.17) is 0 Å². The van der Waals surface area contributed by atoms with Crippen LogP contribution < -0.4 is 0 Å². The maximum atomic E-state index is 12.6. The second-order valence-electron chi connectivity index (χ2n) is 5.21. The van der Waals surface area contributed by atoms with Crippen LogP contribution in [0, 0.1) is 0 Å². The number of aliphatic hydroxyl groups is 1. The van der Waals surface area contributed by atoms with E-state index >= 15 is 0 Å². The first kappa shape index (κ1) is 16.8. The standard InChI is InChI=1S/C14H26N2O4/c1-3-11(4-2)15(9-10-17)14(20)16-8-6-5-7-12(16)13(18)19/h11-12,17H,3-10H2,1-2H3,(H,18,19). The maximum Gasteiger partial charge on any atom is 0.326 e. The molecule has 2 amide bonds. The Balaban J connectivity index is 2.88. The molecule has 0 aromatic rings. The topological polar surface area (TPSA) is 81.1 Å². The minimum Gasteiger partial charge on any atom is -0.480 e. The molecule has 0 bridgehead atoms. The van der Waals surface area contributed by atoms with E-state index < -0.39 is 12.0 Å². The van der Waals surface area contributed by atoms with Crippen molar-refractivity contribution in [1.29, 1.82) is 0 Å². The van der Waals surface area contributed by atoms with Crippen LogP contribution in [0.25, 0.3) is 0 Å². The summed E-state index contributed by atoms with van der Waals surface area (Å²) in [6.07, 6.45) is 3.79. The highest BCUT2D eigenvalue weighted by atomic mass is 16.4. The first-order valence-corrected chi connectivity index (χ1v) is 7.47. The summed E-state index contributed by atoms with van der Waals surface area (Å²) in [7, 11) is 0. The van der Waals surface area contributed by atoms with Gasteiger partial charge in [0.15, 0.2) is 0 Å². The zero-order chi connectivity index (χ0) is 15.1. The van der Waals surface area contributed by atoms with E-state index in [1.54, 1.807) is 4.90 Å². The molecular weight excluding hydrogens is 260 g/mol. The molecule has 1 rings (SSSR count). The van der Waals surface area contributed by atoms with Crippen LogP contribution in [0.3, 0.4) is 0 Å². The van der Waals surface area contributed by atoms with Crippen molar-refractivity contribution in [3.8, 4) is 0 Å². The van der Waals surface area contributed by atoms with Crippen LogP contribution in [0.1, 0.15) is 46.0 Å². The van der Waals surface area contributed by atoms with Gasteiger partial charge in [-0.3, -0.25) is 0 Å². The highest BCUT2D eigenvalue weighted by Crippen LogP contribution is 2.21. The highest BCUT2D eigenvalue weighted by Gasteiger charge is 2.35. The summed E-state index contributed by atoms with van der Waals surface area (Å²) in [6.45, 7) is 4.63. The van der Waals surface area contributed by atoms with Crippen molar-refractivity contribution in [1.82, 2.24) is 9.80 Å². The Morgan fingerprint density at radius 2 is 1.95 bits per heavy atom. The summed E-state index contributed by atoms with van der Waals surface area (Å²) in [5.41, 5.74) is 0. The van der Waals surface area contributed by atoms with Gasteiger partial charge in [0.1, 0.15) is 6.04 Å². The first-order valence-electron chi connectivity index (χ1n) is 7.47. The molecule has 2 N–H and O–H groups in total. The lowest BCUT2D eigenvalue weighted by atomic mass is 10.0. The lowest BCUT2D eigenvalue weighted by Crippen LogP contribution is -2.55. The second kappa shape index (κ2) is 8.09. The smallest absolute Gasteiger partial charge is 0.326 e. The van der Waals surface area contributed by atoms with E-state index in [1.807, 2.05) is 13.8 Å². The van der Waals surface area contributed by atoms with Crippen molar-refractivity contribution in [3.05, 3.63) is 0 Å². The van der Waals surface area contributed by atoms with Crippen LogP contribution in [-0.4, -0.2) is 63.8 Å². The number of aliphatic carboxylic acids is 1. The first-order chi connectivity index (χ1) is 9.56. The van der Waals surface area contributed by atoms with E-state index in [0.29, 0.717) is 13.0 Å². The van der Waals surface area contributed by atoms with Crippen molar-refractivity contribution in [3.63, 3.8) is 0 Å². The van der Waals surface area contributed by atoms with Gasteiger partial charge in [-0.1, -0.05) is 13.8 Å². The fourth-order valence-corrected chi connectivity index (χ4v) is 2.85. The molecule has 0 aromatic heterocycles. The third kappa shape index (κ3) is 3.85. The number of hydrogen-bond donors (Lipinski definition) is 2. The number of nitrogens with zero attached hydrogens (tertiary/aromatic N) is 2. The van der Waals surface area contributed by atoms with Crippen LogP contribution in [0.15, 0.2) is 0 Å². The number of amides is 2. The highest BCUT2D eigenvalue weighted by molar-refractivity contribution is 5.83. The van der Waals surface area contributed by atoms with E-state index in [1.165, 1.54) is 4.90 Å². The van der Waals surface area contributed by atoms with Crippen molar-refractivity contribution < 1.29 is 19.8 Å². The number of carbonyl (C=O) groups excluding carboxylic acids is 1. The Kier molecular flexibility index (Phi) is 6.78. The van der Waals surface area contributed by atoms with E-state index in [0.717, 1.165) is 25.7 Å². The average molecular weight is 286 g/mol.